The number of pyridine rings is 1. The molecular weight excluding hydrogens is 372 g/mol. The van der Waals surface area contributed by atoms with E-state index >= 15 is 0 Å². The van der Waals surface area contributed by atoms with Crippen molar-refractivity contribution in [3.63, 3.8) is 0 Å². The number of para-hydroxylation sites is 1. The van der Waals surface area contributed by atoms with Gasteiger partial charge in [-0.2, -0.15) is 0 Å². The molecule has 1 saturated heterocycles. The number of hydrogen-bond acceptors (Lipinski definition) is 8. The number of carbonyl (C=O) groups excluding carboxylic acids is 1. The maximum atomic E-state index is 12.3. The Labute approximate surface area is 167 Å². The number of esters is 1. The van der Waals surface area contributed by atoms with Gasteiger partial charge in [-0.15, -0.1) is 0 Å². The lowest BCUT2D eigenvalue weighted by Crippen LogP contribution is -2.51. The summed E-state index contributed by atoms with van der Waals surface area (Å²) in [6.45, 7) is 2.56. The first-order valence-electron chi connectivity index (χ1n) is 9.28. The van der Waals surface area contributed by atoms with Gasteiger partial charge in [-0.05, 0) is 24.3 Å². The van der Waals surface area contributed by atoms with Crippen LogP contribution >= 0.6 is 0 Å². The zero-order valence-corrected chi connectivity index (χ0v) is 15.9. The summed E-state index contributed by atoms with van der Waals surface area (Å²) < 4.78 is 4.79. The molecule has 1 aliphatic heterocycles. The van der Waals surface area contributed by atoms with Crippen LogP contribution in [0, 0.1) is 0 Å². The average molecular weight is 392 g/mol. The number of benzene rings is 1. The molecule has 2 aromatic carbocycles. The maximum absolute atomic E-state index is 12.3. The van der Waals surface area contributed by atoms with E-state index in [0.29, 0.717) is 43.1 Å². The van der Waals surface area contributed by atoms with E-state index in [1.807, 2.05) is 23.1 Å². The lowest BCUT2D eigenvalue weighted by atomic mass is 10.1. The second-order valence-electron chi connectivity index (χ2n) is 6.71. The van der Waals surface area contributed by atoms with Crippen LogP contribution in [0.4, 0.5) is 22.9 Å². The predicted octanol–water partition coefficient (Wildman–Crippen LogP) is 1.53. The molecule has 148 valence electrons. The van der Waals surface area contributed by atoms with E-state index in [9.17, 15) is 14.4 Å². The predicted molar refractivity (Wildman–Crippen MR) is 111 cm³/mol. The summed E-state index contributed by atoms with van der Waals surface area (Å²) in [4.78, 5) is 44.9. The molecule has 1 aliphatic rings. The highest BCUT2D eigenvalue weighted by molar-refractivity contribution is 5.97. The Morgan fingerprint density at radius 3 is 2.34 bits per heavy atom. The van der Waals surface area contributed by atoms with E-state index in [0.717, 1.165) is 5.82 Å². The van der Waals surface area contributed by atoms with Crippen LogP contribution in [0.5, 0.6) is 0 Å². The Kier molecular flexibility index (Phi) is 4.99. The third-order valence-corrected chi connectivity index (χ3v) is 5.05. The summed E-state index contributed by atoms with van der Waals surface area (Å²) in [5.74, 6) is 0.375. The molecule has 3 aromatic rings. The Morgan fingerprint density at radius 1 is 0.966 bits per heavy atom. The van der Waals surface area contributed by atoms with Gasteiger partial charge in [0.05, 0.1) is 18.4 Å². The lowest BCUT2D eigenvalue weighted by molar-refractivity contribution is 0.0602. The highest BCUT2D eigenvalue weighted by Gasteiger charge is 2.29. The van der Waals surface area contributed by atoms with E-state index in [1.54, 1.807) is 30.5 Å². The number of rotatable bonds is 5. The second kappa shape index (κ2) is 7.75. The minimum atomic E-state index is -0.577. The zero-order chi connectivity index (χ0) is 20.4. The van der Waals surface area contributed by atoms with Gasteiger partial charge in [0.25, 0.3) is 10.9 Å². The Hall–Kier alpha value is -3.68. The molecule has 0 atom stereocenters. The molecule has 0 aliphatic carbocycles. The van der Waals surface area contributed by atoms with Crippen molar-refractivity contribution in [3.8, 4) is 0 Å². The van der Waals surface area contributed by atoms with Crippen LogP contribution in [-0.4, -0.2) is 44.2 Å². The smallest absolute Gasteiger partial charge is 0.339 e. The topological polar surface area (TPSA) is 91.8 Å². The first kappa shape index (κ1) is 18.7. The van der Waals surface area contributed by atoms with Crippen LogP contribution in [0.15, 0.2) is 58.3 Å². The van der Waals surface area contributed by atoms with Crippen molar-refractivity contribution in [2.45, 2.75) is 0 Å². The number of carbonyl (C=O) groups is 1. The fraction of sp³-hybridized carbons (Fsp3) is 0.238. The highest BCUT2D eigenvalue weighted by atomic mass is 16.5. The van der Waals surface area contributed by atoms with Crippen molar-refractivity contribution in [3.05, 3.63) is 74.7 Å². The van der Waals surface area contributed by atoms with Gasteiger partial charge in [-0.1, -0.05) is 18.2 Å². The number of nitrogens with one attached hydrogen (secondary N) is 1. The molecule has 8 heteroatoms. The van der Waals surface area contributed by atoms with E-state index in [-0.39, 0.29) is 5.69 Å². The number of piperazine rings is 1. The van der Waals surface area contributed by atoms with Gasteiger partial charge in [0, 0.05) is 32.4 Å². The fourth-order valence-corrected chi connectivity index (χ4v) is 3.51. The minimum absolute atomic E-state index is 0.220. The molecule has 0 bridgehead atoms. The fourth-order valence-electron chi connectivity index (χ4n) is 3.51. The largest absolute Gasteiger partial charge is 0.465 e. The first-order valence-corrected chi connectivity index (χ1v) is 9.28. The monoisotopic (exact) mass is 392 g/mol. The second-order valence-corrected chi connectivity index (χ2v) is 6.71. The number of aromatic nitrogens is 1. The molecule has 29 heavy (non-hydrogen) atoms. The summed E-state index contributed by atoms with van der Waals surface area (Å²) >= 11 is 0. The van der Waals surface area contributed by atoms with E-state index in [4.69, 9.17) is 4.74 Å². The molecular formula is C21H20N4O4. The van der Waals surface area contributed by atoms with Crippen LogP contribution in [0.25, 0.3) is 0 Å². The summed E-state index contributed by atoms with van der Waals surface area (Å²) in [6, 6.07) is 12.5. The molecule has 1 N–H and O–H groups in total. The molecule has 1 aromatic heterocycles. The zero-order valence-electron chi connectivity index (χ0n) is 15.9. The summed E-state index contributed by atoms with van der Waals surface area (Å²) in [7, 11) is 1.29. The molecule has 8 nitrogen and oxygen atoms in total. The Bertz CT molecular complexity index is 1100. The van der Waals surface area contributed by atoms with Gasteiger partial charge in [-0.3, -0.25) is 9.59 Å². The van der Waals surface area contributed by atoms with Gasteiger partial charge in [0.2, 0.25) is 0 Å². The van der Waals surface area contributed by atoms with Crippen molar-refractivity contribution < 1.29 is 9.53 Å². The average Bonchev–Trinajstić information content (AvgIpc) is 2.79. The van der Waals surface area contributed by atoms with Crippen LogP contribution in [0.2, 0.25) is 0 Å². The van der Waals surface area contributed by atoms with E-state index in [1.165, 1.54) is 7.11 Å². The van der Waals surface area contributed by atoms with Crippen molar-refractivity contribution in [2.24, 2.45) is 0 Å². The summed E-state index contributed by atoms with van der Waals surface area (Å²) in [5.41, 5.74) is 0.239. The minimum Gasteiger partial charge on any atom is -0.465 e. The first-order chi connectivity index (χ1) is 14.1. The molecule has 0 saturated carbocycles. The Morgan fingerprint density at radius 2 is 1.66 bits per heavy atom. The number of ether oxygens (including phenoxy) is 1. The molecule has 2 heterocycles. The lowest BCUT2D eigenvalue weighted by Gasteiger charge is -2.37. The van der Waals surface area contributed by atoms with Gasteiger partial charge >= 0.3 is 5.97 Å². The van der Waals surface area contributed by atoms with Gasteiger partial charge in [0.1, 0.15) is 17.2 Å². The number of methoxy groups -OCH3 is 1. The maximum Gasteiger partial charge on any atom is 0.339 e. The molecule has 0 radical (unpaired) electrons. The van der Waals surface area contributed by atoms with Crippen LogP contribution < -0.4 is 26.0 Å². The summed E-state index contributed by atoms with van der Waals surface area (Å²) in [5, 5.41) is 2.97. The normalized spacial score (nSPS) is 14.1. The standard InChI is InChI=1S/C21H20N4O4/c1-29-21(28)14-6-2-3-7-15(14)23-17-18(20(27)19(17)26)25-12-10-24(11-13-25)16-8-4-5-9-22-16/h2-9,23H,10-13H2,1H3. The van der Waals surface area contributed by atoms with E-state index in [2.05, 4.69) is 15.2 Å². The van der Waals surface area contributed by atoms with Gasteiger partial charge < -0.3 is 19.9 Å². The van der Waals surface area contributed by atoms with Crippen molar-refractivity contribution in [1.82, 2.24) is 4.98 Å². The number of nitrogens with zero attached hydrogens (tertiary/aromatic N) is 3. The SMILES string of the molecule is COC(=O)c1ccccc1Nc1c(N2CCN(c3ccccn3)CC2)c(=O)c1=O. The van der Waals surface area contributed by atoms with Crippen molar-refractivity contribution >= 4 is 28.8 Å². The highest BCUT2D eigenvalue weighted by Crippen LogP contribution is 2.28. The molecule has 1 fully saturated rings. The van der Waals surface area contributed by atoms with E-state index < -0.39 is 16.8 Å². The summed E-state index contributed by atoms with van der Waals surface area (Å²) in [6.07, 6.45) is 1.75. The van der Waals surface area contributed by atoms with Crippen LogP contribution in [0.1, 0.15) is 10.4 Å². The number of hydrogen-bond donors (Lipinski definition) is 1. The molecule has 4 rings (SSSR count). The third-order valence-electron chi connectivity index (χ3n) is 5.05. The third kappa shape index (κ3) is 3.44. The molecule has 0 amide bonds. The Balaban J connectivity index is 1.54. The molecule has 0 spiro atoms. The van der Waals surface area contributed by atoms with Crippen molar-refractivity contribution in [1.29, 1.82) is 0 Å². The van der Waals surface area contributed by atoms with Gasteiger partial charge in [-0.25, -0.2) is 9.78 Å². The van der Waals surface area contributed by atoms with Crippen molar-refractivity contribution in [2.75, 3.05) is 48.4 Å². The quantitative estimate of drug-likeness (QED) is 0.516. The molecule has 0 unspecified atom stereocenters. The van der Waals surface area contributed by atoms with Gasteiger partial charge in [0.15, 0.2) is 0 Å². The van der Waals surface area contributed by atoms with Crippen LogP contribution in [0.3, 0.4) is 0 Å². The van der Waals surface area contributed by atoms with Crippen LogP contribution in [-0.2, 0) is 4.74 Å². The number of anilines is 4.